The van der Waals surface area contributed by atoms with Crippen molar-refractivity contribution in [2.24, 2.45) is 5.41 Å². The number of rotatable bonds is 6. The van der Waals surface area contributed by atoms with Crippen molar-refractivity contribution in [3.05, 3.63) is 72.1 Å². The number of nitrogens with zero attached hydrogens (tertiary/aromatic N) is 2. The number of pyridine rings is 2. The topological polar surface area (TPSA) is 127 Å². The minimum absolute atomic E-state index is 0.0478. The zero-order valence-corrected chi connectivity index (χ0v) is 22.7. The summed E-state index contributed by atoms with van der Waals surface area (Å²) in [5.74, 6) is -0.226. The third kappa shape index (κ3) is 7.02. The molecule has 8 nitrogen and oxygen atoms in total. The van der Waals surface area contributed by atoms with Crippen LogP contribution in [0.15, 0.2) is 60.8 Å². The second-order valence-corrected chi connectivity index (χ2v) is 10.7. The molecule has 0 unspecified atom stereocenters. The number of carbonyl (C=O) groups is 2. The Morgan fingerprint density at radius 2 is 1.77 bits per heavy atom. The number of carboxylic acid groups (broad SMARTS) is 1. The maximum Gasteiger partial charge on any atom is 0.337 e. The van der Waals surface area contributed by atoms with E-state index < -0.39 is 11.4 Å². The molecule has 1 fully saturated rings. The van der Waals surface area contributed by atoms with Gasteiger partial charge in [0, 0.05) is 29.0 Å². The van der Waals surface area contributed by atoms with E-state index in [9.17, 15) is 9.59 Å². The number of aromatic carboxylic acids is 1. The summed E-state index contributed by atoms with van der Waals surface area (Å²) in [6.07, 6.45) is 7.19. The van der Waals surface area contributed by atoms with Gasteiger partial charge in [0.2, 0.25) is 5.91 Å². The van der Waals surface area contributed by atoms with Crippen molar-refractivity contribution in [3.8, 4) is 5.75 Å². The number of fused-ring (bicyclic) bond motifs is 2. The maximum atomic E-state index is 12.7. The normalized spacial score (nSPS) is 13.9. The van der Waals surface area contributed by atoms with Gasteiger partial charge in [-0.1, -0.05) is 43.5 Å². The monoisotopic (exact) mass is 528 g/mol. The third-order valence-corrected chi connectivity index (χ3v) is 6.94. The van der Waals surface area contributed by atoms with Gasteiger partial charge in [-0.3, -0.25) is 14.8 Å². The van der Waals surface area contributed by atoms with Crippen LogP contribution in [-0.2, 0) is 4.79 Å². The molecule has 0 bridgehead atoms. The van der Waals surface area contributed by atoms with Crippen molar-refractivity contribution in [3.63, 3.8) is 0 Å². The molecule has 0 radical (unpaired) electrons. The quantitative estimate of drug-likeness (QED) is 0.284. The van der Waals surface area contributed by atoms with Crippen LogP contribution >= 0.6 is 0 Å². The fraction of sp³-hybridized carbons (Fsp3) is 0.355. The second-order valence-electron chi connectivity index (χ2n) is 10.7. The highest BCUT2D eigenvalue weighted by Crippen LogP contribution is 2.31. The van der Waals surface area contributed by atoms with Crippen LogP contribution in [0, 0.1) is 12.3 Å². The number of hydrogen-bond acceptors (Lipinski definition) is 6. The summed E-state index contributed by atoms with van der Waals surface area (Å²) in [5.41, 5.74) is 8.93. The lowest BCUT2D eigenvalue weighted by Gasteiger charge is -2.29. The number of benzene rings is 2. The Hall–Kier alpha value is -4.20. The van der Waals surface area contributed by atoms with Crippen LogP contribution in [0.3, 0.4) is 0 Å². The first-order chi connectivity index (χ1) is 18.6. The number of nitrogens with one attached hydrogen (secondary N) is 1. The van der Waals surface area contributed by atoms with E-state index in [0.717, 1.165) is 40.3 Å². The lowest BCUT2D eigenvalue weighted by molar-refractivity contribution is -0.131. The number of ether oxygens (including phenoxy) is 1. The molecule has 8 heteroatoms. The van der Waals surface area contributed by atoms with Crippen molar-refractivity contribution in [1.29, 1.82) is 0 Å². The number of aromatic nitrogens is 2. The molecule has 1 saturated carbocycles. The van der Waals surface area contributed by atoms with E-state index in [4.69, 9.17) is 15.6 Å². The molecule has 0 saturated heterocycles. The Morgan fingerprint density at radius 1 is 1.05 bits per heavy atom. The zero-order chi connectivity index (χ0) is 28.0. The fourth-order valence-corrected chi connectivity index (χ4v) is 4.68. The van der Waals surface area contributed by atoms with E-state index >= 15 is 0 Å². The van der Waals surface area contributed by atoms with Crippen molar-refractivity contribution in [2.75, 3.05) is 12.3 Å². The smallest absolute Gasteiger partial charge is 0.337 e. The molecule has 1 aliphatic carbocycles. The van der Waals surface area contributed by atoms with Gasteiger partial charge in [0.05, 0.1) is 27.4 Å². The predicted molar refractivity (Wildman–Crippen MR) is 154 cm³/mol. The van der Waals surface area contributed by atoms with E-state index in [1.165, 1.54) is 25.5 Å². The average molecular weight is 529 g/mol. The second kappa shape index (κ2) is 12.1. The molecule has 204 valence electrons. The Balaban J connectivity index is 0.000000226. The predicted octanol–water partition coefficient (Wildman–Crippen LogP) is 5.91. The van der Waals surface area contributed by atoms with Crippen molar-refractivity contribution in [2.45, 2.75) is 58.9 Å². The summed E-state index contributed by atoms with van der Waals surface area (Å²) in [5, 5.41) is 13.6. The molecule has 4 aromatic rings. The van der Waals surface area contributed by atoms with E-state index in [0.29, 0.717) is 17.5 Å². The van der Waals surface area contributed by atoms with Crippen LogP contribution in [0.5, 0.6) is 5.75 Å². The highest BCUT2D eigenvalue weighted by Gasteiger charge is 2.31. The molecular weight excluding hydrogens is 492 g/mol. The number of carboxylic acids is 1. The highest BCUT2D eigenvalue weighted by molar-refractivity contribution is 5.95. The molecule has 1 aliphatic rings. The Bertz CT molecular complexity index is 1480. The standard InChI is InChI=1S/C21H29N3O2.C10H7NO2/c1-14-12-16(22)19-17(23-14)10-7-11-18(19)26-13-21(2,3)20(25)24-15-8-5-4-6-9-15;12-10(13)8-5-7-3-1-2-4-9(7)11-6-8/h7,10-12,15H,4-6,8-9,13H2,1-3H3,(H2,22,23)(H,24,25);1-6H,(H,12,13). The lowest BCUT2D eigenvalue weighted by atomic mass is 9.90. The van der Waals surface area contributed by atoms with Crippen LogP contribution in [0.4, 0.5) is 5.69 Å². The highest BCUT2D eigenvalue weighted by atomic mass is 16.5. The van der Waals surface area contributed by atoms with Crippen molar-refractivity contribution >= 4 is 39.4 Å². The first-order valence-electron chi connectivity index (χ1n) is 13.3. The average Bonchev–Trinajstić information content (AvgIpc) is 2.92. The first kappa shape index (κ1) is 27.8. The van der Waals surface area contributed by atoms with Gasteiger partial charge in [0.1, 0.15) is 12.4 Å². The van der Waals surface area contributed by atoms with E-state index in [1.807, 2.05) is 69.3 Å². The number of nitrogens with two attached hydrogens (primary N) is 1. The van der Waals surface area contributed by atoms with Gasteiger partial charge in [-0.25, -0.2) is 4.79 Å². The van der Waals surface area contributed by atoms with Crippen LogP contribution in [0.25, 0.3) is 21.8 Å². The van der Waals surface area contributed by atoms with E-state index in [2.05, 4.69) is 15.3 Å². The number of nitrogen functional groups attached to an aromatic ring is 1. The Kier molecular flexibility index (Phi) is 8.64. The van der Waals surface area contributed by atoms with E-state index in [1.54, 1.807) is 6.07 Å². The van der Waals surface area contributed by atoms with Crippen LogP contribution in [0.1, 0.15) is 62.0 Å². The molecule has 0 atom stereocenters. The molecule has 5 rings (SSSR count). The van der Waals surface area contributed by atoms with Gasteiger partial charge in [-0.2, -0.15) is 0 Å². The van der Waals surface area contributed by atoms with Gasteiger partial charge >= 0.3 is 5.97 Å². The molecule has 2 aromatic carbocycles. The molecule has 2 heterocycles. The van der Waals surface area contributed by atoms with Crippen LogP contribution < -0.4 is 15.8 Å². The summed E-state index contributed by atoms with van der Waals surface area (Å²) in [7, 11) is 0. The fourth-order valence-electron chi connectivity index (χ4n) is 4.68. The van der Waals surface area contributed by atoms with Crippen LogP contribution in [-0.4, -0.2) is 39.6 Å². The Morgan fingerprint density at radius 3 is 2.51 bits per heavy atom. The minimum atomic E-state index is -0.946. The van der Waals surface area contributed by atoms with Crippen LogP contribution in [0.2, 0.25) is 0 Å². The number of aryl methyl sites for hydroxylation is 1. The van der Waals surface area contributed by atoms with Gasteiger partial charge in [0.15, 0.2) is 0 Å². The molecule has 1 amide bonds. The minimum Gasteiger partial charge on any atom is -0.492 e. The van der Waals surface area contributed by atoms with Gasteiger partial charge in [-0.05, 0) is 63.9 Å². The maximum absolute atomic E-state index is 12.7. The number of para-hydroxylation sites is 1. The zero-order valence-electron chi connectivity index (χ0n) is 22.7. The van der Waals surface area contributed by atoms with Crippen molar-refractivity contribution < 1.29 is 19.4 Å². The van der Waals surface area contributed by atoms with Gasteiger partial charge in [-0.15, -0.1) is 0 Å². The number of hydrogen-bond donors (Lipinski definition) is 3. The molecule has 4 N–H and O–H groups in total. The summed E-state index contributed by atoms with van der Waals surface area (Å²) >= 11 is 0. The molecule has 0 aliphatic heterocycles. The Labute approximate surface area is 228 Å². The summed E-state index contributed by atoms with van der Waals surface area (Å²) in [6, 6.07) is 16.9. The van der Waals surface area contributed by atoms with E-state index in [-0.39, 0.29) is 18.1 Å². The third-order valence-electron chi connectivity index (χ3n) is 6.94. The summed E-state index contributed by atoms with van der Waals surface area (Å²) in [6.45, 7) is 6.05. The van der Waals surface area contributed by atoms with Gasteiger partial charge < -0.3 is 20.9 Å². The molecule has 2 aromatic heterocycles. The summed E-state index contributed by atoms with van der Waals surface area (Å²) in [4.78, 5) is 31.8. The molecule has 39 heavy (non-hydrogen) atoms. The summed E-state index contributed by atoms with van der Waals surface area (Å²) < 4.78 is 6.03. The largest absolute Gasteiger partial charge is 0.492 e. The molecule has 0 spiro atoms. The number of anilines is 1. The number of carbonyl (C=O) groups excluding carboxylic acids is 1. The molecular formula is C31H36N4O4. The lowest BCUT2D eigenvalue weighted by Crippen LogP contribution is -2.46. The SMILES string of the molecule is Cc1cc(N)c2c(OCC(C)(C)C(=O)NC3CCCCC3)cccc2n1.O=C(O)c1cnc2ccccc2c1. The number of amides is 1. The first-order valence-corrected chi connectivity index (χ1v) is 13.3. The van der Waals surface area contributed by atoms with Crippen molar-refractivity contribution in [1.82, 2.24) is 15.3 Å². The van der Waals surface area contributed by atoms with Gasteiger partial charge in [0.25, 0.3) is 0 Å².